The number of hydrogen-bond donors (Lipinski definition) is 1. The number of carbonyl (C=O) groups is 4. The number of phenols is 1. The Labute approximate surface area is 244 Å². The molecule has 40 heavy (non-hydrogen) atoms. The van der Waals surface area contributed by atoms with Gasteiger partial charge in [-0.15, -0.1) is 0 Å². The van der Waals surface area contributed by atoms with Crippen molar-refractivity contribution in [3.63, 3.8) is 0 Å². The number of hydrogen-bond acceptors (Lipinski definition) is 5. The van der Waals surface area contributed by atoms with E-state index in [0.717, 1.165) is 19.9 Å². The van der Waals surface area contributed by atoms with Crippen molar-refractivity contribution in [2.75, 3.05) is 4.90 Å². The van der Waals surface area contributed by atoms with Gasteiger partial charge in [0, 0.05) is 31.8 Å². The van der Waals surface area contributed by atoms with Crippen molar-refractivity contribution in [1.82, 2.24) is 0 Å². The lowest BCUT2D eigenvalue weighted by atomic mass is 9.59. The van der Waals surface area contributed by atoms with Gasteiger partial charge < -0.3 is 5.11 Å². The molecule has 0 saturated carbocycles. The van der Waals surface area contributed by atoms with Gasteiger partial charge in [0.1, 0.15) is 5.75 Å². The lowest BCUT2D eigenvalue weighted by Gasteiger charge is -2.42. The molecule has 6 nitrogen and oxygen atoms in total. The van der Waals surface area contributed by atoms with Gasteiger partial charge in [-0.05, 0) is 95.5 Å². The first kappa shape index (κ1) is 25.1. The summed E-state index contributed by atoms with van der Waals surface area (Å²) in [6, 6.07) is 18.3. The first-order valence-electron chi connectivity index (χ1n) is 13.3. The van der Waals surface area contributed by atoms with Crippen LogP contribution in [-0.2, 0) is 19.2 Å². The van der Waals surface area contributed by atoms with Crippen molar-refractivity contribution in [2.24, 2.45) is 17.8 Å². The number of ketones is 2. The van der Waals surface area contributed by atoms with E-state index in [1.165, 1.54) is 11.0 Å². The number of rotatable bonds is 2. The minimum Gasteiger partial charge on any atom is -0.508 e. The van der Waals surface area contributed by atoms with Crippen molar-refractivity contribution in [2.45, 2.75) is 25.7 Å². The number of benzene rings is 3. The second kappa shape index (κ2) is 9.09. The smallest absolute Gasteiger partial charge is 0.238 e. The Hall–Kier alpha value is -3.85. The molecule has 0 bridgehead atoms. The zero-order valence-electron chi connectivity index (χ0n) is 21.6. The summed E-state index contributed by atoms with van der Waals surface area (Å²) in [5.74, 6) is -3.31. The fraction of sp³-hybridized carbons (Fsp3) is 0.212. The highest BCUT2D eigenvalue weighted by Crippen LogP contribution is 2.57. The molecular weight excluding hydrogens is 617 g/mol. The van der Waals surface area contributed by atoms with Crippen LogP contribution < -0.4 is 4.90 Å². The Morgan fingerprint density at radius 3 is 2.42 bits per heavy atom. The predicted molar refractivity (Wildman–Crippen MR) is 159 cm³/mol. The molecule has 4 atom stereocenters. The highest BCUT2D eigenvalue weighted by molar-refractivity contribution is 14.1. The molecule has 1 saturated heterocycles. The van der Waals surface area contributed by atoms with Crippen molar-refractivity contribution >= 4 is 62.4 Å². The summed E-state index contributed by atoms with van der Waals surface area (Å²) in [5.41, 5.74) is 3.03. The van der Waals surface area contributed by atoms with Gasteiger partial charge >= 0.3 is 0 Å². The van der Waals surface area contributed by atoms with E-state index < -0.39 is 23.7 Å². The highest BCUT2D eigenvalue weighted by atomic mass is 127. The second-order valence-electron chi connectivity index (χ2n) is 10.9. The number of Topliss-reactive ketones (excluding diaryl/α,β-unsaturated/α-hetero) is 1. The van der Waals surface area contributed by atoms with Crippen LogP contribution in [0.1, 0.15) is 31.2 Å². The van der Waals surface area contributed by atoms with Crippen LogP contribution in [-0.4, -0.2) is 28.5 Å². The number of aromatic hydroxyl groups is 1. The Morgan fingerprint density at radius 1 is 0.900 bits per heavy atom. The number of anilines is 1. The van der Waals surface area contributed by atoms with Crippen LogP contribution in [0, 0.1) is 21.3 Å². The van der Waals surface area contributed by atoms with Gasteiger partial charge in [-0.1, -0.05) is 42.0 Å². The number of halogens is 1. The maximum absolute atomic E-state index is 14.0. The van der Waals surface area contributed by atoms with Gasteiger partial charge in [-0.25, -0.2) is 0 Å². The number of amides is 2. The van der Waals surface area contributed by atoms with Crippen LogP contribution >= 0.6 is 22.6 Å². The van der Waals surface area contributed by atoms with E-state index in [9.17, 15) is 24.3 Å². The molecule has 1 N–H and O–H groups in total. The Kier molecular flexibility index (Phi) is 5.71. The number of imide groups is 1. The van der Waals surface area contributed by atoms with E-state index in [1.807, 2.05) is 48.5 Å². The van der Waals surface area contributed by atoms with Gasteiger partial charge in [-0.2, -0.15) is 0 Å². The Bertz CT molecular complexity index is 1780. The zero-order chi connectivity index (χ0) is 27.9. The standard InChI is InChI=1S/C33H24INO5/c1-16-14-26(37)29-24(31(16)38)15-23-21(30(29)28-20-5-3-2-4-17(20)6-13-25(28)36)11-12-22-27(23)33(40)35(32(22)39)19-9-7-18(34)8-10-19/h2-11,13-14,22-23,27,30,36H,12,15H2,1H3/t22-,23+,27-,30+/m0/s1. The number of phenolic OH excluding ortho intramolecular Hbond substituents is 1. The summed E-state index contributed by atoms with van der Waals surface area (Å²) in [5, 5.41) is 12.9. The number of nitrogens with zero attached hydrogens (tertiary/aromatic N) is 1. The van der Waals surface area contributed by atoms with Gasteiger partial charge in [0.25, 0.3) is 0 Å². The molecule has 1 aliphatic heterocycles. The molecule has 0 aromatic heterocycles. The van der Waals surface area contributed by atoms with Gasteiger partial charge in [0.2, 0.25) is 11.8 Å². The topological polar surface area (TPSA) is 91.8 Å². The number of carbonyl (C=O) groups excluding carboxylic acids is 4. The van der Waals surface area contributed by atoms with Crippen molar-refractivity contribution < 1.29 is 24.3 Å². The summed E-state index contributed by atoms with van der Waals surface area (Å²) in [6.07, 6.45) is 3.92. The third-order valence-electron chi connectivity index (χ3n) is 8.88. The van der Waals surface area contributed by atoms with E-state index in [2.05, 4.69) is 22.6 Å². The minimum atomic E-state index is -0.697. The van der Waals surface area contributed by atoms with E-state index in [-0.39, 0.29) is 35.6 Å². The number of allylic oxidation sites excluding steroid dienone is 6. The molecule has 0 unspecified atom stereocenters. The van der Waals surface area contributed by atoms with E-state index in [1.54, 1.807) is 25.1 Å². The van der Waals surface area contributed by atoms with Crippen LogP contribution in [0.25, 0.3) is 10.8 Å². The summed E-state index contributed by atoms with van der Waals surface area (Å²) < 4.78 is 0.996. The average molecular weight is 641 g/mol. The molecule has 0 spiro atoms. The molecule has 1 heterocycles. The van der Waals surface area contributed by atoms with Crippen LogP contribution in [0.3, 0.4) is 0 Å². The second-order valence-corrected chi connectivity index (χ2v) is 12.2. The van der Waals surface area contributed by atoms with Crippen LogP contribution in [0.15, 0.2) is 95.1 Å². The molecule has 7 rings (SSSR count). The quantitative estimate of drug-likeness (QED) is 0.166. The molecule has 4 aliphatic rings. The van der Waals surface area contributed by atoms with Crippen molar-refractivity contribution in [1.29, 1.82) is 0 Å². The third-order valence-corrected chi connectivity index (χ3v) is 9.60. The van der Waals surface area contributed by atoms with Crippen molar-refractivity contribution in [3.05, 3.63) is 104 Å². The molecule has 1 fully saturated rings. The molecule has 3 aliphatic carbocycles. The van der Waals surface area contributed by atoms with E-state index in [4.69, 9.17) is 0 Å². The fourth-order valence-electron chi connectivity index (χ4n) is 7.15. The van der Waals surface area contributed by atoms with Gasteiger partial charge in [0.05, 0.1) is 17.5 Å². The normalized spacial score (nSPS) is 26.0. The molecule has 0 radical (unpaired) electrons. The summed E-state index contributed by atoms with van der Waals surface area (Å²) in [4.78, 5) is 56.1. The molecule has 2 amide bonds. The Balaban J connectivity index is 1.42. The maximum Gasteiger partial charge on any atom is 0.238 e. The first-order valence-corrected chi connectivity index (χ1v) is 14.4. The number of fused-ring (bicyclic) bond motifs is 4. The molecule has 3 aromatic carbocycles. The molecule has 7 heteroatoms. The SMILES string of the molecule is CC1=CC(=O)C2=C(C[C@@H]3C(=CC[C@@H]4C(=O)N(c5ccc(I)cc5)C(=O)[C@@H]43)[C@@H]2c2c(O)ccc3ccccc23)C1=O. The zero-order valence-corrected chi connectivity index (χ0v) is 23.7. The maximum atomic E-state index is 14.0. The predicted octanol–water partition coefficient (Wildman–Crippen LogP) is 5.78. The summed E-state index contributed by atoms with van der Waals surface area (Å²) in [7, 11) is 0. The lowest BCUT2D eigenvalue weighted by molar-refractivity contribution is -0.123. The van der Waals surface area contributed by atoms with E-state index >= 15 is 0 Å². The molecular formula is C33H24INO5. The van der Waals surface area contributed by atoms with E-state index in [0.29, 0.717) is 34.4 Å². The van der Waals surface area contributed by atoms with Crippen LogP contribution in [0.5, 0.6) is 5.75 Å². The van der Waals surface area contributed by atoms with Crippen LogP contribution in [0.2, 0.25) is 0 Å². The highest BCUT2D eigenvalue weighted by Gasteiger charge is 2.57. The monoisotopic (exact) mass is 641 g/mol. The third kappa shape index (κ3) is 3.53. The first-order chi connectivity index (χ1) is 19.3. The van der Waals surface area contributed by atoms with Crippen molar-refractivity contribution in [3.8, 4) is 5.75 Å². The largest absolute Gasteiger partial charge is 0.508 e. The summed E-state index contributed by atoms with van der Waals surface area (Å²) >= 11 is 2.18. The average Bonchev–Trinajstić information content (AvgIpc) is 3.21. The Morgan fingerprint density at radius 2 is 1.65 bits per heavy atom. The van der Waals surface area contributed by atoms with Gasteiger partial charge in [-0.3, -0.25) is 24.1 Å². The fourth-order valence-corrected chi connectivity index (χ4v) is 7.51. The van der Waals surface area contributed by atoms with Gasteiger partial charge in [0.15, 0.2) is 11.6 Å². The minimum absolute atomic E-state index is 0.0279. The molecule has 3 aromatic rings. The lowest BCUT2D eigenvalue weighted by Crippen LogP contribution is -2.39. The summed E-state index contributed by atoms with van der Waals surface area (Å²) in [6.45, 7) is 1.63. The molecule has 198 valence electrons. The van der Waals surface area contributed by atoms with Crippen LogP contribution in [0.4, 0.5) is 5.69 Å².